The Bertz CT molecular complexity index is 660. The number of imidazole rings is 1. The highest BCUT2D eigenvalue weighted by atomic mass is 16.5. The number of hydrogen-bond acceptors (Lipinski definition) is 6. The minimum absolute atomic E-state index is 0.488. The first-order valence-electron chi connectivity index (χ1n) is 5.81. The van der Waals surface area contributed by atoms with E-state index in [1.165, 1.54) is 6.33 Å². The predicted molar refractivity (Wildman–Crippen MR) is 67.9 cm³/mol. The Labute approximate surface area is 109 Å². The van der Waals surface area contributed by atoms with Gasteiger partial charge >= 0.3 is 0 Å². The molecule has 0 atom stereocenters. The van der Waals surface area contributed by atoms with E-state index in [0.717, 1.165) is 11.3 Å². The Morgan fingerprint density at radius 1 is 1.32 bits per heavy atom. The van der Waals surface area contributed by atoms with E-state index < -0.39 is 0 Å². The molecule has 3 aromatic heterocycles. The van der Waals surface area contributed by atoms with Gasteiger partial charge in [-0.2, -0.15) is 4.98 Å². The molecular formula is C12H12N6O. The molecule has 0 fully saturated rings. The summed E-state index contributed by atoms with van der Waals surface area (Å²) in [6.07, 6.45) is 7.21. The van der Waals surface area contributed by atoms with Crippen molar-refractivity contribution in [2.75, 3.05) is 5.73 Å². The molecule has 0 amide bonds. The van der Waals surface area contributed by atoms with Gasteiger partial charge in [-0.05, 0) is 12.1 Å². The second-order valence-corrected chi connectivity index (χ2v) is 3.99. The fourth-order valence-electron chi connectivity index (χ4n) is 1.88. The summed E-state index contributed by atoms with van der Waals surface area (Å²) < 4.78 is 6.95. The molecule has 0 radical (unpaired) electrons. The van der Waals surface area contributed by atoms with Crippen LogP contribution in [-0.2, 0) is 13.0 Å². The zero-order valence-corrected chi connectivity index (χ0v) is 10.1. The molecule has 3 heterocycles. The highest BCUT2D eigenvalue weighted by Gasteiger charge is 2.09. The summed E-state index contributed by atoms with van der Waals surface area (Å²) in [5.74, 6) is 1.08. The van der Waals surface area contributed by atoms with Crippen molar-refractivity contribution >= 4 is 5.82 Å². The molecule has 0 bridgehead atoms. The first kappa shape index (κ1) is 11.4. The normalized spacial score (nSPS) is 10.7. The standard InChI is InChI=1S/C12H12N6O/c13-12-9(2-1-4-15-12)10-6-14-8-18(10)5-3-11-16-7-17-19-11/h1-2,4,6-8H,3,5H2,(H2,13,15). The van der Waals surface area contributed by atoms with Crippen molar-refractivity contribution in [3.8, 4) is 11.3 Å². The van der Waals surface area contributed by atoms with Crippen LogP contribution in [0.4, 0.5) is 5.82 Å². The maximum atomic E-state index is 5.88. The predicted octanol–water partition coefficient (Wildman–Crippen LogP) is 1.15. The zero-order chi connectivity index (χ0) is 13.1. The van der Waals surface area contributed by atoms with E-state index in [-0.39, 0.29) is 0 Å². The largest absolute Gasteiger partial charge is 0.383 e. The summed E-state index contributed by atoms with van der Waals surface area (Å²) in [5, 5.41) is 3.58. The fraction of sp³-hybridized carbons (Fsp3) is 0.167. The summed E-state index contributed by atoms with van der Waals surface area (Å²) in [6, 6.07) is 3.77. The van der Waals surface area contributed by atoms with E-state index >= 15 is 0 Å². The van der Waals surface area contributed by atoms with Crippen molar-refractivity contribution in [3.63, 3.8) is 0 Å². The Hall–Kier alpha value is -2.70. The average molecular weight is 256 g/mol. The van der Waals surface area contributed by atoms with Crippen LogP contribution in [0, 0.1) is 0 Å². The molecule has 0 unspecified atom stereocenters. The number of nitrogen functional groups attached to an aromatic ring is 1. The Kier molecular flexibility index (Phi) is 2.93. The van der Waals surface area contributed by atoms with Crippen LogP contribution in [0.1, 0.15) is 5.89 Å². The minimum Gasteiger partial charge on any atom is -0.383 e. The van der Waals surface area contributed by atoms with Crippen molar-refractivity contribution in [3.05, 3.63) is 43.1 Å². The molecule has 0 aliphatic rings. The van der Waals surface area contributed by atoms with Gasteiger partial charge in [0.2, 0.25) is 5.89 Å². The molecule has 0 spiro atoms. The van der Waals surface area contributed by atoms with E-state index in [9.17, 15) is 0 Å². The Morgan fingerprint density at radius 2 is 2.26 bits per heavy atom. The number of rotatable bonds is 4. The van der Waals surface area contributed by atoms with Crippen LogP contribution in [-0.4, -0.2) is 24.7 Å². The molecule has 19 heavy (non-hydrogen) atoms. The maximum Gasteiger partial charge on any atom is 0.228 e. The molecule has 96 valence electrons. The van der Waals surface area contributed by atoms with Crippen molar-refractivity contribution in [1.29, 1.82) is 0 Å². The fourth-order valence-corrected chi connectivity index (χ4v) is 1.88. The van der Waals surface area contributed by atoms with Gasteiger partial charge in [0.05, 0.1) is 18.2 Å². The summed E-state index contributed by atoms with van der Waals surface area (Å²) in [7, 11) is 0. The van der Waals surface area contributed by atoms with Crippen LogP contribution in [0.5, 0.6) is 0 Å². The van der Waals surface area contributed by atoms with Gasteiger partial charge in [-0.15, -0.1) is 0 Å². The monoisotopic (exact) mass is 256 g/mol. The van der Waals surface area contributed by atoms with Crippen molar-refractivity contribution in [2.45, 2.75) is 13.0 Å². The highest BCUT2D eigenvalue weighted by molar-refractivity contribution is 5.70. The van der Waals surface area contributed by atoms with Gasteiger partial charge in [0.1, 0.15) is 5.82 Å². The van der Waals surface area contributed by atoms with Crippen LogP contribution in [0.3, 0.4) is 0 Å². The lowest BCUT2D eigenvalue weighted by atomic mass is 10.2. The lowest BCUT2D eigenvalue weighted by Crippen LogP contribution is -2.04. The van der Waals surface area contributed by atoms with Crippen LogP contribution in [0.15, 0.2) is 41.7 Å². The lowest BCUT2D eigenvalue weighted by Gasteiger charge is -2.08. The molecule has 2 N–H and O–H groups in total. The highest BCUT2D eigenvalue weighted by Crippen LogP contribution is 2.23. The molecule has 0 aromatic carbocycles. The SMILES string of the molecule is Nc1ncccc1-c1cncn1CCc1ncno1. The van der Waals surface area contributed by atoms with Gasteiger partial charge in [-0.25, -0.2) is 9.97 Å². The van der Waals surface area contributed by atoms with E-state index in [2.05, 4.69) is 20.1 Å². The van der Waals surface area contributed by atoms with E-state index in [1.54, 1.807) is 18.7 Å². The molecule has 0 saturated heterocycles. The molecule has 7 heteroatoms. The quantitative estimate of drug-likeness (QED) is 0.752. The summed E-state index contributed by atoms with van der Waals surface area (Å²) in [4.78, 5) is 12.2. The second-order valence-electron chi connectivity index (χ2n) is 3.99. The minimum atomic E-state index is 0.488. The van der Waals surface area contributed by atoms with Gasteiger partial charge in [0.25, 0.3) is 0 Å². The third kappa shape index (κ3) is 2.30. The summed E-state index contributed by atoms with van der Waals surface area (Å²) in [6.45, 7) is 0.686. The molecule has 0 saturated carbocycles. The lowest BCUT2D eigenvalue weighted by molar-refractivity contribution is 0.371. The molecular weight excluding hydrogens is 244 g/mol. The number of pyridine rings is 1. The summed E-state index contributed by atoms with van der Waals surface area (Å²) >= 11 is 0. The molecule has 3 aromatic rings. The van der Waals surface area contributed by atoms with Gasteiger partial charge in [-0.1, -0.05) is 5.16 Å². The Morgan fingerprint density at radius 3 is 3.05 bits per heavy atom. The van der Waals surface area contributed by atoms with Crippen molar-refractivity contribution < 1.29 is 4.52 Å². The van der Waals surface area contributed by atoms with Crippen LogP contribution < -0.4 is 5.73 Å². The molecule has 0 aliphatic heterocycles. The van der Waals surface area contributed by atoms with Gasteiger partial charge in [-0.3, -0.25) is 0 Å². The first-order chi connectivity index (χ1) is 9.34. The van der Waals surface area contributed by atoms with Crippen molar-refractivity contribution in [1.82, 2.24) is 24.7 Å². The smallest absolute Gasteiger partial charge is 0.228 e. The first-order valence-corrected chi connectivity index (χ1v) is 5.81. The van der Waals surface area contributed by atoms with Gasteiger partial charge < -0.3 is 14.8 Å². The second kappa shape index (κ2) is 4.89. The third-order valence-corrected chi connectivity index (χ3v) is 2.80. The van der Waals surface area contributed by atoms with E-state index in [1.807, 2.05) is 16.7 Å². The number of aromatic nitrogens is 5. The number of aryl methyl sites for hydroxylation is 2. The average Bonchev–Trinajstić information content (AvgIpc) is 3.08. The van der Waals surface area contributed by atoms with E-state index in [0.29, 0.717) is 24.7 Å². The van der Waals surface area contributed by atoms with E-state index in [4.69, 9.17) is 10.3 Å². The third-order valence-electron chi connectivity index (χ3n) is 2.80. The number of nitrogens with two attached hydrogens (primary N) is 1. The topological polar surface area (TPSA) is 95.7 Å². The number of anilines is 1. The maximum absolute atomic E-state index is 5.88. The molecule has 3 rings (SSSR count). The van der Waals surface area contributed by atoms with Crippen LogP contribution >= 0.6 is 0 Å². The molecule has 7 nitrogen and oxygen atoms in total. The van der Waals surface area contributed by atoms with Crippen molar-refractivity contribution in [2.24, 2.45) is 0 Å². The van der Waals surface area contributed by atoms with Crippen LogP contribution in [0.2, 0.25) is 0 Å². The zero-order valence-electron chi connectivity index (χ0n) is 10.1. The Balaban J connectivity index is 1.84. The van der Waals surface area contributed by atoms with Gasteiger partial charge in [0, 0.05) is 24.7 Å². The van der Waals surface area contributed by atoms with Gasteiger partial charge in [0.15, 0.2) is 6.33 Å². The number of hydrogen-bond donors (Lipinski definition) is 1. The summed E-state index contributed by atoms with van der Waals surface area (Å²) in [5.41, 5.74) is 7.67. The van der Waals surface area contributed by atoms with Crippen LogP contribution in [0.25, 0.3) is 11.3 Å². The number of nitrogens with zero attached hydrogens (tertiary/aromatic N) is 5. The molecule has 0 aliphatic carbocycles.